The summed E-state index contributed by atoms with van der Waals surface area (Å²) in [4.78, 5) is 14.7. The Morgan fingerprint density at radius 2 is 2.05 bits per heavy atom. The zero-order valence-corrected chi connectivity index (χ0v) is 13.9. The van der Waals surface area contributed by atoms with Gasteiger partial charge in [0.2, 0.25) is 0 Å². The standard InChI is InChI=1S/C16H22Cl2N2O/c1-2-9-20(11-12-5-7-19-8-6-12)16(21)14-10-13(17)3-4-15(14)18/h3-4,10,12,19H,2,5-9,11H2,1H3. The van der Waals surface area contributed by atoms with Crippen LogP contribution < -0.4 is 5.32 Å². The largest absolute Gasteiger partial charge is 0.338 e. The predicted molar refractivity (Wildman–Crippen MR) is 88.3 cm³/mol. The van der Waals surface area contributed by atoms with E-state index in [1.807, 2.05) is 4.90 Å². The summed E-state index contributed by atoms with van der Waals surface area (Å²) in [6.07, 6.45) is 3.18. The second-order valence-electron chi connectivity index (χ2n) is 5.57. The lowest BCUT2D eigenvalue weighted by Gasteiger charge is -2.30. The third-order valence-electron chi connectivity index (χ3n) is 3.88. The smallest absolute Gasteiger partial charge is 0.255 e. The Balaban J connectivity index is 2.12. The summed E-state index contributed by atoms with van der Waals surface area (Å²) in [6, 6.07) is 5.06. The zero-order chi connectivity index (χ0) is 15.2. The minimum absolute atomic E-state index is 0.0112. The van der Waals surface area contributed by atoms with E-state index < -0.39 is 0 Å². The predicted octanol–water partition coefficient (Wildman–Crippen LogP) is 3.85. The average Bonchev–Trinajstić information content (AvgIpc) is 2.49. The topological polar surface area (TPSA) is 32.3 Å². The molecular formula is C16H22Cl2N2O. The number of benzene rings is 1. The third kappa shape index (κ3) is 4.60. The maximum Gasteiger partial charge on any atom is 0.255 e. The van der Waals surface area contributed by atoms with Gasteiger partial charge in [0, 0.05) is 18.1 Å². The highest BCUT2D eigenvalue weighted by Gasteiger charge is 2.22. The molecule has 0 bridgehead atoms. The first-order valence-corrected chi connectivity index (χ1v) is 8.32. The third-order valence-corrected chi connectivity index (χ3v) is 4.44. The molecule has 2 rings (SSSR count). The maximum atomic E-state index is 12.7. The van der Waals surface area contributed by atoms with Gasteiger partial charge in [0.1, 0.15) is 0 Å². The number of carbonyl (C=O) groups excluding carboxylic acids is 1. The molecule has 0 atom stereocenters. The maximum absolute atomic E-state index is 12.7. The van der Waals surface area contributed by atoms with Gasteiger partial charge in [-0.2, -0.15) is 0 Å². The van der Waals surface area contributed by atoms with E-state index >= 15 is 0 Å². The molecule has 1 fully saturated rings. The number of amides is 1. The Labute approximate surface area is 136 Å². The highest BCUT2D eigenvalue weighted by molar-refractivity contribution is 6.35. The van der Waals surface area contributed by atoms with Crippen molar-refractivity contribution in [1.82, 2.24) is 10.2 Å². The lowest BCUT2D eigenvalue weighted by Crippen LogP contribution is -2.39. The van der Waals surface area contributed by atoms with E-state index in [0.717, 1.165) is 45.4 Å². The van der Waals surface area contributed by atoms with Crippen molar-refractivity contribution in [3.05, 3.63) is 33.8 Å². The summed E-state index contributed by atoms with van der Waals surface area (Å²) in [7, 11) is 0. The first-order chi connectivity index (χ1) is 10.1. The first-order valence-electron chi connectivity index (χ1n) is 7.57. The molecule has 5 heteroatoms. The minimum Gasteiger partial charge on any atom is -0.338 e. The fraction of sp³-hybridized carbons (Fsp3) is 0.562. The number of hydrogen-bond acceptors (Lipinski definition) is 2. The normalized spacial score (nSPS) is 16.0. The van der Waals surface area contributed by atoms with Gasteiger partial charge >= 0.3 is 0 Å². The number of halogens is 2. The Bertz CT molecular complexity index is 487. The Kier molecular flexibility index (Phi) is 6.34. The molecule has 1 aliphatic rings. The van der Waals surface area contributed by atoms with Gasteiger partial charge in [-0.25, -0.2) is 0 Å². The summed E-state index contributed by atoms with van der Waals surface area (Å²) >= 11 is 12.2. The summed E-state index contributed by atoms with van der Waals surface area (Å²) < 4.78 is 0. The van der Waals surface area contributed by atoms with Gasteiger partial charge in [0.25, 0.3) is 5.91 Å². The van der Waals surface area contributed by atoms with Crippen LogP contribution in [0.2, 0.25) is 10.0 Å². The van der Waals surface area contributed by atoms with Crippen LogP contribution in [-0.2, 0) is 0 Å². The monoisotopic (exact) mass is 328 g/mol. The van der Waals surface area contributed by atoms with E-state index in [1.54, 1.807) is 18.2 Å². The van der Waals surface area contributed by atoms with Crippen LogP contribution in [0.1, 0.15) is 36.5 Å². The second-order valence-corrected chi connectivity index (χ2v) is 6.41. The second kappa shape index (κ2) is 8.02. The van der Waals surface area contributed by atoms with Crippen molar-refractivity contribution in [3.8, 4) is 0 Å². The van der Waals surface area contributed by atoms with E-state index in [1.165, 1.54) is 0 Å². The molecule has 0 aromatic heterocycles. The molecule has 0 spiro atoms. The van der Waals surface area contributed by atoms with E-state index in [2.05, 4.69) is 12.2 Å². The molecule has 0 unspecified atom stereocenters. The van der Waals surface area contributed by atoms with Crippen molar-refractivity contribution in [2.75, 3.05) is 26.2 Å². The molecule has 1 aromatic carbocycles. The summed E-state index contributed by atoms with van der Waals surface area (Å²) in [5, 5.41) is 4.37. The van der Waals surface area contributed by atoms with Crippen LogP contribution in [0.3, 0.4) is 0 Å². The Hall–Kier alpha value is -0.770. The summed E-state index contributed by atoms with van der Waals surface area (Å²) in [5.41, 5.74) is 0.506. The van der Waals surface area contributed by atoms with Crippen molar-refractivity contribution in [1.29, 1.82) is 0 Å². The number of carbonyl (C=O) groups is 1. The van der Waals surface area contributed by atoms with Crippen molar-refractivity contribution >= 4 is 29.1 Å². The van der Waals surface area contributed by atoms with Gasteiger partial charge < -0.3 is 10.2 Å². The lowest BCUT2D eigenvalue weighted by atomic mass is 9.97. The van der Waals surface area contributed by atoms with Crippen LogP contribution in [0.15, 0.2) is 18.2 Å². The van der Waals surface area contributed by atoms with Gasteiger partial charge in [-0.3, -0.25) is 4.79 Å². The molecule has 116 valence electrons. The molecule has 1 N–H and O–H groups in total. The average molecular weight is 329 g/mol. The van der Waals surface area contributed by atoms with Crippen LogP contribution in [-0.4, -0.2) is 37.0 Å². The van der Waals surface area contributed by atoms with Crippen LogP contribution in [0.5, 0.6) is 0 Å². The molecule has 1 heterocycles. The van der Waals surface area contributed by atoms with Crippen LogP contribution >= 0.6 is 23.2 Å². The van der Waals surface area contributed by atoms with Crippen LogP contribution in [0.25, 0.3) is 0 Å². The summed E-state index contributed by atoms with van der Waals surface area (Å²) in [5.74, 6) is 0.558. The quantitative estimate of drug-likeness (QED) is 0.890. The van der Waals surface area contributed by atoms with E-state index in [0.29, 0.717) is 21.5 Å². The number of piperidine rings is 1. The number of rotatable bonds is 5. The number of nitrogens with one attached hydrogen (secondary N) is 1. The highest BCUT2D eigenvalue weighted by atomic mass is 35.5. The molecule has 1 saturated heterocycles. The molecule has 3 nitrogen and oxygen atoms in total. The summed E-state index contributed by atoms with van der Waals surface area (Å²) in [6.45, 7) is 5.72. The lowest BCUT2D eigenvalue weighted by molar-refractivity contribution is 0.0716. The molecule has 1 aliphatic heterocycles. The van der Waals surface area contributed by atoms with E-state index in [-0.39, 0.29) is 5.91 Å². The van der Waals surface area contributed by atoms with Crippen LogP contribution in [0, 0.1) is 5.92 Å². The van der Waals surface area contributed by atoms with Gasteiger partial charge in [-0.1, -0.05) is 30.1 Å². The number of hydrogen-bond donors (Lipinski definition) is 1. The SMILES string of the molecule is CCCN(CC1CCNCC1)C(=O)c1cc(Cl)ccc1Cl. The fourth-order valence-corrected chi connectivity index (χ4v) is 3.12. The first kappa shape index (κ1) is 16.6. The fourth-order valence-electron chi connectivity index (χ4n) is 2.75. The molecule has 0 aliphatic carbocycles. The van der Waals surface area contributed by atoms with Crippen molar-refractivity contribution in [2.45, 2.75) is 26.2 Å². The van der Waals surface area contributed by atoms with Gasteiger partial charge in [0.15, 0.2) is 0 Å². The number of nitrogens with zero attached hydrogens (tertiary/aromatic N) is 1. The van der Waals surface area contributed by atoms with Gasteiger partial charge in [0.05, 0.1) is 10.6 Å². The zero-order valence-electron chi connectivity index (χ0n) is 12.4. The molecule has 21 heavy (non-hydrogen) atoms. The highest BCUT2D eigenvalue weighted by Crippen LogP contribution is 2.23. The Morgan fingerprint density at radius 1 is 1.33 bits per heavy atom. The molecule has 0 saturated carbocycles. The molecule has 0 radical (unpaired) electrons. The van der Waals surface area contributed by atoms with E-state index in [4.69, 9.17) is 23.2 Å². The van der Waals surface area contributed by atoms with Crippen molar-refractivity contribution < 1.29 is 4.79 Å². The van der Waals surface area contributed by atoms with Crippen molar-refractivity contribution in [2.24, 2.45) is 5.92 Å². The molecular weight excluding hydrogens is 307 g/mol. The molecule has 1 aromatic rings. The minimum atomic E-state index is -0.0112. The van der Waals surface area contributed by atoms with Crippen molar-refractivity contribution in [3.63, 3.8) is 0 Å². The molecule has 1 amide bonds. The van der Waals surface area contributed by atoms with Crippen LogP contribution in [0.4, 0.5) is 0 Å². The van der Waals surface area contributed by atoms with Gasteiger partial charge in [-0.15, -0.1) is 0 Å². The van der Waals surface area contributed by atoms with E-state index in [9.17, 15) is 4.79 Å². The Morgan fingerprint density at radius 3 is 2.71 bits per heavy atom. The van der Waals surface area contributed by atoms with Gasteiger partial charge in [-0.05, 0) is 56.5 Å².